The number of aromatic nitrogens is 2. The second kappa shape index (κ2) is 6.28. The Morgan fingerprint density at radius 3 is 3.00 bits per heavy atom. The number of amides is 1. The van der Waals surface area contributed by atoms with Crippen LogP contribution in [0.3, 0.4) is 0 Å². The molecule has 1 amide bonds. The van der Waals surface area contributed by atoms with E-state index in [-0.39, 0.29) is 30.0 Å². The molecule has 122 valence electrons. The molecule has 23 heavy (non-hydrogen) atoms. The zero-order chi connectivity index (χ0) is 16.4. The molecule has 0 atom stereocenters. The van der Waals surface area contributed by atoms with Gasteiger partial charge in [0.25, 0.3) is 11.6 Å². The highest BCUT2D eigenvalue weighted by Crippen LogP contribution is 2.30. The molecule has 2 aliphatic rings. The summed E-state index contributed by atoms with van der Waals surface area (Å²) in [6.07, 6.45) is 3.89. The van der Waals surface area contributed by atoms with Gasteiger partial charge in [-0.1, -0.05) is 13.5 Å². The van der Waals surface area contributed by atoms with Crippen molar-refractivity contribution in [2.24, 2.45) is 0 Å². The summed E-state index contributed by atoms with van der Waals surface area (Å²) in [7, 11) is 0. The number of aromatic amines is 1. The summed E-state index contributed by atoms with van der Waals surface area (Å²) in [4.78, 5) is 32.3. The molecule has 3 heterocycles. The van der Waals surface area contributed by atoms with Gasteiger partial charge in [-0.3, -0.25) is 14.6 Å². The Balaban J connectivity index is 1.73. The maximum Gasteiger partial charge on any atom is 0.299 e. The first-order chi connectivity index (χ1) is 11.1. The highest BCUT2D eigenvalue weighted by atomic mass is 16.5. The zero-order valence-electron chi connectivity index (χ0n) is 13.1. The Kier molecular flexibility index (Phi) is 4.18. The first kappa shape index (κ1) is 15.3. The van der Waals surface area contributed by atoms with E-state index in [1.807, 2.05) is 6.92 Å². The van der Waals surface area contributed by atoms with Crippen molar-refractivity contribution in [2.75, 3.05) is 19.7 Å². The van der Waals surface area contributed by atoms with Gasteiger partial charge < -0.3 is 14.4 Å². The minimum Gasteiger partial charge on any atom is -0.463 e. The molecule has 2 aliphatic heterocycles. The fraction of sp³-hybridized carbons (Fsp3) is 0.438. The minimum absolute atomic E-state index is 0.0885. The van der Waals surface area contributed by atoms with E-state index in [9.17, 15) is 9.59 Å². The average molecular weight is 317 g/mol. The molecule has 0 spiro atoms. The number of fused-ring (bicyclic) bond motifs is 1. The highest BCUT2D eigenvalue weighted by molar-refractivity contribution is 5.78. The number of nitrogens with zero attached hydrogens (tertiary/aromatic N) is 2. The Hall–Kier alpha value is -2.57. The molecule has 0 unspecified atom stereocenters. The van der Waals surface area contributed by atoms with Gasteiger partial charge in [-0.05, 0) is 24.5 Å². The van der Waals surface area contributed by atoms with Crippen molar-refractivity contribution in [2.45, 2.75) is 26.2 Å². The van der Waals surface area contributed by atoms with Crippen LogP contribution in [0.4, 0.5) is 0 Å². The van der Waals surface area contributed by atoms with Crippen LogP contribution in [0.15, 0.2) is 23.2 Å². The molecular weight excluding hydrogens is 298 g/mol. The molecule has 1 fully saturated rings. The molecule has 0 aromatic carbocycles. The molecule has 7 heteroatoms. The quantitative estimate of drug-likeness (QED) is 0.889. The molecule has 1 aromatic rings. The summed E-state index contributed by atoms with van der Waals surface area (Å²) in [6, 6.07) is 0.0885. The van der Waals surface area contributed by atoms with Gasteiger partial charge in [-0.2, -0.15) is 4.98 Å². The van der Waals surface area contributed by atoms with Crippen LogP contribution in [0.5, 0.6) is 11.9 Å². The van der Waals surface area contributed by atoms with Crippen LogP contribution in [0.2, 0.25) is 0 Å². The van der Waals surface area contributed by atoms with Crippen LogP contribution in [0, 0.1) is 0 Å². The number of carbonyl (C=O) groups excluding carboxylic acids is 1. The van der Waals surface area contributed by atoms with Crippen LogP contribution in [0.1, 0.15) is 31.7 Å². The molecule has 7 nitrogen and oxygen atoms in total. The lowest BCUT2D eigenvalue weighted by Crippen LogP contribution is -2.30. The van der Waals surface area contributed by atoms with Gasteiger partial charge in [0.1, 0.15) is 17.9 Å². The van der Waals surface area contributed by atoms with E-state index in [1.165, 1.54) is 0 Å². The summed E-state index contributed by atoms with van der Waals surface area (Å²) in [6.45, 7) is 7.21. The number of hydrogen-bond acceptors (Lipinski definition) is 5. The number of nitrogens with one attached hydrogen (secondary N) is 1. The number of hydrogen-bond donors (Lipinski definition) is 1. The second-order valence-electron chi connectivity index (χ2n) is 5.48. The van der Waals surface area contributed by atoms with Gasteiger partial charge in [0.2, 0.25) is 11.8 Å². The summed E-state index contributed by atoms with van der Waals surface area (Å²) < 4.78 is 10.9. The maximum atomic E-state index is 12.2. The second-order valence-corrected chi connectivity index (χ2v) is 5.48. The van der Waals surface area contributed by atoms with Gasteiger partial charge >= 0.3 is 0 Å². The van der Waals surface area contributed by atoms with E-state index in [1.54, 1.807) is 11.0 Å². The fourth-order valence-corrected chi connectivity index (χ4v) is 2.75. The molecule has 1 saturated heterocycles. The molecule has 0 aliphatic carbocycles. The van der Waals surface area contributed by atoms with Crippen molar-refractivity contribution in [3.05, 3.63) is 34.3 Å². The Morgan fingerprint density at radius 1 is 1.48 bits per heavy atom. The van der Waals surface area contributed by atoms with Crippen LogP contribution < -0.4 is 15.0 Å². The van der Waals surface area contributed by atoms with Crippen LogP contribution >= 0.6 is 0 Å². The van der Waals surface area contributed by atoms with Crippen molar-refractivity contribution < 1.29 is 14.3 Å². The Morgan fingerprint density at radius 2 is 2.30 bits per heavy atom. The van der Waals surface area contributed by atoms with E-state index in [4.69, 9.17) is 9.47 Å². The third kappa shape index (κ3) is 3.13. The summed E-state index contributed by atoms with van der Waals surface area (Å²) >= 11 is 0. The lowest BCUT2D eigenvalue weighted by molar-refractivity contribution is -0.128. The standard InChI is InChI=1S/C16H19N3O4/c1-3-11-9-10(2)23-15-13(11)14(21)17-16(18-15)22-8-7-19-6-4-5-12(19)20/h9H,2-8H2,1H3,(H,17,18,21). The van der Waals surface area contributed by atoms with Crippen LogP contribution in [0.25, 0.3) is 5.57 Å². The molecule has 0 bridgehead atoms. The number of carbonyl (C=O) groups is 1. The van der Waals surface area contributed by atoms with E-state index < -0.39 is 0 Å². The number of ether oxygens (including phenoxy) is 2. The smallest absolute Gasteiger partial charge is 0.299 e. The first-order valence-electron chi connectivity index (χ1n) is 7.71. The van der Waals surface area contributed by atoms with Crippen LogP contribution in [-0.2, 0) is 4.79 Å². The van der Waals surface area contributed by atoms with Crippen molar-refractivity contribution in [3.8, 4) is 11.9 Å². The SMILES string of the molecule is C=C1C=C(CC)c2c(nc(OCCN3CCCC3=O)[nH]c2=O)O1. The minimum atomic E-state index is -0.303. The van der Waals surface area contributed by atoms with Crippen molar-refractivity contribution in [1.82, 2.24) is 14.9 Å². The molecule has 0 radical (unpaired) electrons. The lowest BCUT2D eigenvalue weighted by atomic mass is 10.0. The molecule has 1 N–H and O–H groups in total. The highest BCUT2D eigenvalue weighted by Gasteiger charge is 2.22. The van der Waals surface area contributed by atoms with Gasteiger partial charge in [0.05, 0.1) is 6.54 Å². The van der Waals surface area contributed by atoms with Crippen molar-refractivity contribution in [3.63, 3.8) is 0 Å². The number of allylic oxidation sites excluding steroid dienone is 2. The number of H-pyrrole nitrogens is 1. The monoisotopic (exact) mass is 317 g/mol. The van der Waals surface area contributed by atoms with E-state index in [2.05, 4.69) is 16.5 Å². The third-order valence-corrected chi connectivity index (χ3v) is 3.90. The molecular formula is C16H19N3O4. The normalized spacial score (nSPS) is 16.9. The predicted octanol–water partition coefficient (Wildman–Crippen LogP) is 1.47. The zero-order valence-corrected chi connectivity index (χ0v) is 13.1. The summed E-state index contributed by atoms with van der Waals surface area (Å²) in [5.41, 5.74) is 0.948. The summed E-state index contributed by atoms with van der Waals surface area (Å²) in [5, 5.41) is 0. The van der Waals surface area contributed by atoms with Crippen molar-refractivity contribution >= 4 is 11.5 Å². The van der Waals surface area contributed by atoms with Crippen LogP contribution in [-0.4, -0.2) is 40.5 Å². The van der Waals surface area contributed by atoms with E-state index in [0.29, 0.717) is 30.7 Å². The summed E-state index contributed by atoms with van der Waals surface area (Å²) in [5.74, 6) is 0.796. The lowest BCUT2D eigenvalue weighted by Gasteiger charge is -2.18. The van der Waals surface area contributed by atoms with Gasteiger partial charge in [-0.25, -0.2) is 0 Å². The molecule has 0 saturated carbocycles. The van der Waals surface area contributed by atoms with Crippen molar-refractivity contribution in [1.29, 1.82) is 0 Å². The molecule has 3 rings (SSSR count). The van der Waals surface area contributed by atoms with Gasteiger partial charge in [-0.15, -0.1) is 0 Å². The van der Waals surface area contributed by atoms with E-state index in [0.717, 1.165) is 18.5 Å². The predicted molar refractivity (Wildman–Crippen MR) is 84.2 cm³/mol. The Bertz CT molecular complexity index is 735. The topological polar surface area (TPSA) is 84.5 Å². The maximum absolute atomic E-state index is 12.2. The third-order valence-electron chi connectivity index (χ3n) is 3.90. The van der Waals surface area contributed by atoms with E-state index >= 15 is 0 Å². The largest absolute Gasteiger partial charge is 0.463 e. The average Bonchev–Trinajstić information content (AvgIpc) is 2.91. The van der Waals surface area contributed by atoms with Gasteiger partial charge in [0.15, 0.2) is 0 Å². The number of likely N-dealkylation sites (tertiary alicyclic amines) is 1. The first-order valence-corrected chi connectivity index (χ1v) is 7.71. The fourth-order valence-electron chi connectivity index (χ4n) is 2.75. The molecule has 1 aromatic heterocycles. The Labute approximate surface area is 133 Å². The number of rotatable bonds is 5. The van der Waals surface area contributed by atoms with Gasteiger partial charge in [0, 0.05) is 13.0 Å².